The Labute approximate surface area is 133 Å². The molecule has 0 saturated heterocycles. The number of amides is 1. The molecule has 22 heavy (non-hydrogen) atoms. The van der Waals surface area contributed by atoms with Gasteiger partial charge in [0.25, 0.3) is 0 Å². The molecule has 1 heterocycles. The Kier molecular flexibility index (Phi) is 3.59. The van der Waals surface area contributed by atoms with Crippen molar-refractivity contribution in [1.29, 1.82) is 0 Å². The Morgan fingerprint density at radius 1 is 1.27 bits per heavy atom. The summed E-state index contributed by atoms with van der Waals surface area (Å²) in [5.74, 6) is -2.19. The second kappa shape index (κ2) is 5.19. The number of aromatic nitrogens is 1. The third-order valence-electron chi connectivity index (χ3n) is 4.55. The summed E-state index contributed by atoms with van der Waals surface area (Å²) < 4.78 is 0. The molecule has 2 aliphatic rings. The molecule has 4 atom stereocenters. The largest absolute Gasteiger partial charge is 0.481 e. The molecule has 2 bridgehead atoms. The fraction of sp³-hybridized carbons (Fsp3) is 0.562. The number of allylic oxidation sites excluding steroid dienone is 2. The van der Waals surface area contributed by atoms with Crippen LogP contribution in [0.2, 0.25) is 0 Å². The van der Waals surface area contributed by atoms with Gasteiger partial charge in [0.1, 0.15) is 0 Å². The van der Waals surface area contributed by atoms with E-state index >= 15 is 0 Å². The lowest BCUT2D eigenvalue weighted by molar-refractivity contribution is -0.146. The van der Waals surface area contributed by atoms with Gasteiger partial charge >= 0.3 is 5.97 Å². The predicted molar refractivity (Wildman–Crippen MR) is 84.8 cm³/mol. The van der Waals surface area contributed by atoms with Gasteiger partial charge in [-0.2, -0.15) is 0 Å². The van der Waals surface area contributed by atoms with Crippen LogP contribution in [0.15, 0.2) is 17.5 Å². The van der Waals surface area contributed by atoms with E-state index < -0.39 is 17.8 Å². The molecular formula is C16H20N2O3S. The molecule has 5 nitrogen and oxygen atoms in total. The van der Waals surface area contributed by atoms with Crippen molar-refractivity contribution in [3.8, 4) is 0 Å². The maximum absolute atomic E-state index is 12.5. The number of hydrogen-bond donors (Lipinski definition) is 2. The monoisotopic (exact) mass is 320 g/mol. The summed E-state index contributed by atoms with van der Waals surface area (Å²) in [5, 5.41) is 14.7. The van der Waals surface area contributed by atoms with E-state index in [1.165, 1.54) is 11.3 Å². The molecule has 0 spiro atoms. The Balaban J connectivity index is 1.76. The predicted octanol–water partition coefficient (Wildman–Crippen LogP) is 2.90. The van der Waals surface area contributed by atoms with Gasteiger partial charge in [0.05, 0.1) is 17.5 Å². The van der Waals surface area contributed by atoms with Crippen molar-refractivity contribution in [2.45, 2.75) is 32.6 Å². The second-order valence-electron chi connectivity index (χ2n) is 7.12. The Morgan fingerprint density at radius 3 is 2.45 bits per heavy atom. The first kappa shape index (κ1) is 15.2. The lowest BCUT2D eigenvalue weighted by Gasteiger charge is -2.23. The molecule has 0 aromatic carbocycles. The van der Waals surface area contributed by atoms with Crippen LogP contribution in [0.1, 0.15) is 32.9 Å². The lowest BCUT2D eigenvalue weighted by atomic mass is 9.82. The van der Waals surface area contributed by atoms with E-state index in [1.807, 2.05) is 17.5 Å². The molecule has 3 rings (SSSR count). The van der Waals surface area contributed by atoms with Crippen LogP contribution < -0.4 is 5.32 Å². The van der Waals surface area contributed by atoms with Crippen molar-refractivity contribution < 1.29 is 14.7 Å². The molecule has 1 saturated carbocycles. The van der Waals surface area contributed by atoms with Crippen LogP contribution in [0, 0.1) is 23.7 Å². The third kappa shape index (κ3) is 2.56. The van der Waals surface area contributed by atoms with Crippen molar-refractivity contribution in [2.24, 2.45) is 23.7 Å². The molecular weight excluding hydrogens is 300 g/mol. The molecule has 2 aliphatic carbocycles. The highest BCUT2D eigenvalue weighted by molar-refractivity contribution is 7.13. The van der Waals surface area contributed by atoms with Crippen LogP contribution in [-0.4, -0.2) is 22.0 Å². The maximum atomic E-state index is 12.5. The van der Waals surface area contributed by atoms with Crippen molar-refractivity contribution in [2.75, 3.05) is 5.32 Å². The normalized spacial score (nSPS) is 29.8. The molecule has 6 heteroatoms. The fourth-order valence-corrected chi connectivity index (χ4v) is 4.32. The Bertz CT molecular complexity index is 644. The fourth-order valence-electron chi connectivity index (χ4n) is 3.38. The highest BCUT2D eigenvalue weighted by Gasteiger charge is 2.51. The van der Waals surface area contributed by atoms with Gasteiger partial charge in [0.15, 0.2) is 5.13 Å². The van der Waals surface area contributed by atoms with E-state index in [9.17, 15) is 14.7 Å². The zero-order valence-electron chi connectivity index (χ0n) is 12.9. The zero-order valence-corrected chi connectivity index (χ0v) is 13.7. The van der Waals surface area contributed by atoms with Gasteiger partial charge in [-0.25, -0.2) is 4.98 Å². The van der Waals surface area contributed by atoms with Crippen molar-refractivity contribution in [3.05, 3.63) is 23.2 Å². The summed E-state index contributed by atoms with van der Waals surface area (Å²) in [5.41, 5.74) is 0.855. The van der Waals surface area contributed by atoms with Gasteiger partial charge in [-0.1, -0.05) is 32.9 Å². The van der Waals surface area contributed by atoms with Crippen LogP contribution in [0.4, 0.5) is 5.13 Å². The van der Waals surface area contributed by atoms with Gasteiger partial charge < -0.3 is 10.4 Å². The van der Waals surface area contributed by atoms with E-state index in [-0.39, 0.29) is 23.2 Å². The first-order valence-electron chi connectivity index (χ1n) is 7.45. The average molecular weight is 320 g/mol. The van der Waals surface area contributed by atoms with E-state index in [2.05, 4.69) is 31.1 Å². The summed E-state index contributed by atoms with van der Waals surface area (Å²) in [6.45, 7) is 6.19. The number of carbonyl (C=O) groups excluding carboxylic acids is 1. The van der Waals surface area contributed by atoms with Gasteiger partial charge in [-0.3, -0.25) is 9.59 Å². The molecule has 1 aromatic heterocycles. The number of anilines is 1. The summed E-state index contributed by atoms with van der Waals surface area (Å²) in [7, 11) is 0. The smallest absolute Gasteiger partial charge is 0.307 e. The Morgan fingerprint density at radius 2 is 1.91 bits per heavy atom. The van der Waals surface area contributed by atoms with E-state index in [4.69, 9.17) is 0 Å². The molecule has 1 aromatic rings. The lowest BCUT2D eigenvalue weighted by Crippen LogP contribution is -2.36. The second-order valence-corrected chi connectivity index (χ2v) is 7.97. The zero-order chi connectivity index (χ0) is 16.1. The quantitative estimate of drug-likeness (QED) is 0.839. The van der Waals surface area contributed by atoms with Crippen LogP contribution in [0.5, 0.6) is 0 Å². The molecule has 1 fully saturated rings. The number of carboxylic acids is 1. The molecule has 1 amide bonds. The van der Waals surface area contributed by atoms with E-state index in [1.54, 1.807) is 0 Å². The van der Waals surface area contributed by atoms with Crippen LogP contribution in [-0.2, 0) is 15.0 Å². The number of thiazole rings is 1. The summed E-state index contributed by atoms with van der Waals surface area (Å²) in [6.07, 6.45) is 4.69. The molecule has 0 radical (unpaired) electrons. The highest BCUT2D eigenvalue weighted by Crippen LogP contribution is 2.48. The molecule has 4 unspecified atom stereocenters. The summed E-state index contributed by atoms with van der Waals surface area (Å²) in [4.78, 5) is 28.5. The molecule has 118 valence electrons. The number of fused-ring (bicyclic) bond motifs is 2. The SMILES string of the molecule is CC(C)(C)c1csc(NC(=O)C2C3C=CC(C3)C2C(=O)O)n1. The van der Waals surface area contributed by atoms with Crippen LogP contribution in [0.3, 0.4) is 0 Å². The minimum atomic E-state index is -0.883. The number of hydrogen-bond acceptors (Lipinski definition) is 4. The van der Waals surface area contributed by atoms with Crippen molar-refractivity contribution >= 4 is 28.3 Å². The van der Waals surface area contributed by atoms with Crippen molar-refractivity contribution in [3.63, 3.8) is 0 Å². The Hall–Kier alpha value is -1.69. The van der Waals surface area contributed by atoms with Crippen molar-refractivity contribution in [1.82, 2.24) is 4.98 Å². The van der Waals surface area contributed by atoms with Gasteiger partial charge in [-0.15, -0.1) is 11.3 Å². The number of aliphatic carboxylic acids is 1. The van der Waals surface area contributed by atoms with Gasteiger partial charge in [0.2, 0.25) is 5.91 Å². The standard InChI is InChI=1S/C16H20N2O3S/c1-16(2,3)10-7-22-15(17-10)18-13(19)11-8-4-5-9(6-8)12(11)14(20)21/h4-5,7-9,11-12H,6H2,1-3H3,(H,20,21)(H,17,18,19). The van der Waals surface area contributed by atoms with Crippen LogP contribution in [0.25, 0.3) is 0 Å². The average Bonchev–Trinajstić information content (AvgIpc) is 3.11. The first-order chi connectivity index (χ1) is 10.3. The maximum Gasteiger partial charge on any atom is 0.307 e. The number of carboxylic acid groups (broad SMARTS) is 1. The summed E-state index contributed by atoms with van der Waals surface area (Å²) >= 11 is 1.38. The molecule has 2 N–H and O–H groups in total. The first-order valence-corrected chi connectivity index (χ1v) is 8.33. The third-order valence-corrected chi connectivity index (χ3v) is 5.31. The van der Waals surface area contributed by atoms with Gasteiger partial charge in [0, 0.05) is 10.8 Å². The van der Waals surface area contributed by atoms with E-state index in [0.717, 1.165) is 12.1 Å². The highest BCUT2D eigenvalue weighted by atomic mass is 32.1. The number of carbonyl (C=O) groups is 2. The van der Waals surface area contributed by atoms with Gasteiger partial charge in [-0.05, 0) is 18.3 Å². The number of nitrogens with one attached hydrogen (secondary N) is 1. The van der Waals surface area contributed by atoms with E-state index in [0.29, 0.717) is 5.13 Å². The summed E-state index contributed by atoms with van der Waals surface area (Å²) in [6, 6.07) is 0. The number of nitrogens with zero attached hydrogens (tertiary/aromatic N) is 1. The number of rotatable bonds is 3. The van der Waals surface area contributed by atoms with Crippen LogP contribution >= 0.6 is 11.3 Å². The minimum absolute atomic E-state index is 0.0142. The molecule has 0 aliphatic heterocycles. The minimum Gasteiger partial charge on any atom is -0.481 e. The topological polar surface area (TPSA) is 79.3 Å².